The fraction of sp³-hybridized carbons (Fsp3) is 0.364. The first kappa shape index (κ1) is 18.3. The van der Waals surface area contributed by atoms with Gasteiger partial charge in [0, 0.05) is 37.0 Å². The highest BCUT2D eigenvalue weighted by Gasteiger charge is 2.25. The fourth-order valence-electron chi connectivity index (χ4n) is 4.06. The molecule has 1 amide bonds. The second-order valence-corrected chi connectivity index (χ2v) is 7.22. The van der Waals surface area contributed by atoms with Crippen LogP contribution in [0.5, 0.6) is 0 Å². The van der Waals surface area contributed by atoms with E-state index in [2.05, 4.69) is 22.4 Å². The maximum absolute atomic E-state index is 11.9. The third-order valence-corrected chi connectivity index (χ3v) is 5.55. The predicted molar refractivity (Wildman–Crippen MR) is 106 cm³/mol. The molecule has 1 atom stereocenters. The minimum atomic E-state index is 0.0241. The lowest BCUT2D eigenvalue weighted by Gasteiger charge is -2.29. The van der Waals surface area contributed by atoms with Gasteiger partial charge in [-0.2, -0.15) is 0 Å². The number of amides is 1. The number of benzene rings is 1. The quantitative estimate of drug-likeness (QED) is 0.831. The van der Waals surface area contributed by atoms with Crippen LogP contribution in [0.3, 0.4) is 0 Å². The van der Waals surface area contributed by atoms with Crippen molar-refractivity contribution >= 4 is 17.5 Å². The first-order valence-corrected chi connectivity index (χ1v) is 9.63. The van der Waals surface area contributed by atoms with E-state index in [1.54, 1.807) is 11.9 Å². The SMILES string of the molecule is CCC(=O)NC1CCCc2c(-c3ccc4c(c3)COC(=C=O)N4C)cncc21. The van der Waals surface area contributed by atoms with Gasteiger partial charge in [-0.15, -0.1) is 0 Å². The van der Waals surface area contributed by atoms with Crippen LogP contribution in [-0.2, 0) is 27.4 Å². The van der Waals surface area contributed by atoms with Gasteiger partial charge in [0.05, 0.1) is 11.7 Å². The van der Waals surface area contributed by atoms with Gasteiger partial charge < -0.3 is 15.0 Å². The number of nitrogens with zero attached hydrogens (tertiary/aromatic N) is 2. The third-order valence-electron chi connectivity index (χ3n) is 5.55. The van der Waals surface area contributed by atoms with Crippen LogP contribution < -0.4 is 10.2 Å². The molecule has 4 rings (SSSR count). The highest BCUT2D eigenvalue weighted by molar-refractivity contribution is 5.77. The van der Waals surface area contributed by atoms with Crippen LogP contribution in [0.1, 0.15) is 48.9 Å². The van der Waals surface area contributed by atoms with Gasteiger partial charge in [-0.3, -0.25) is 9.78 Å². The Labute approximate surface area is 164 Å². The van der Waals surface area contributed by atoms with E-state index < -0.39 is 0 Å². The molecule has 0 fully saturated rings. The molecule has 1 aromatic heterocycles. The standard InChI is InChI=1S/C22H23N3O3/c1-3-21(27)24-19-6-4-5-16-17(10-23-11-18(16)19)14-7-8-20-15(9-14)13-28-22(12-26)25(20)2/h7-11,19H,3-6,13H2,1-2H3,(H,24,27). The van der Waals surface area contributed by atoms with E-state index in [0.717, 1.165) is 47.2 Å². The highest BCUT2D eigenvalue weighted by Crippen LogP contribution is 2.38. The van der Waals surface area contributed by atoms with Gasteiger partial charge in [-0.25, -0.2) is 4.79 Å². The molecule has 144 valence electrons. The summed E-state index contributed by atoms with van der Waals surface area (Å²) >= 11 is 0. The Hall–Kier alpha value is -3.11. The fourth-order valence-corrected chi connectivity index (χ4v) is 4.06. The van der Waals surface area contributed by atoms with Crippen molar-refractivity contribution in [1.82, 2.24) is 10.3 Å². The Morgan fingerprint density at radius 1 is 1.39 bits per heavy atom. The number of aromatic nitrogens is 1. The molecule has 0 radical (unpaired) electrons. The van der Waals surface area contributed by atoms with Crippen LogP contribution in [0.2, 0.25) is 0 Å². The van der Waals surface area contributed by atoms with Crippen LogP contribution in [0.15, 0.2) is 36.5 Å². The zero-order valence-corrected chi connectivity index (χ0v) is 16.1. The number of ether oxygens (including phenoxy) is 1. The summed E-state index contributed by atoms with van der Waals surface area (Å²) in [7, 11) is 1.80. The Bertz CT molecular complexity index is 979. The average molecular weight is 377 g/mol. The van der Waals surface area contributed by atoms with Crippen molar-refractivity contribution < 1.29 is 14.3 Å². The number of carbonyl (C=O) groups excluding carboxylic acids is 2. The van der Waals surface area contributed by atoms with Crippen molar-refractivity contribution in [3.05, 3.63) is 53.2 Å². The number of nitrogens with one attached hydrogen (secondary N) is 1. The number of hydrogen-bond acceptors (Lipinski definition) is 5. The van der Waals surface area contributed by atoms with Crippen LogP contribution in [0, 0.1) is 0 Å². The smallest absolute Gasteiger partial charge is 0.282 e. The normalized spacial score (nSPS) is 17.9. The van der Waals surface area contributed by atoms with Gasteiger partial charge in [0.25, 0.3) is 5.88 Å². The van der Waals surface area contributed by atoms with Crippen molar-refractivity contribution in [2.24, 2.45) is 0 Å². The molecule has 0 spiro atoms. The van der Waals surface area contributed by atoms with Crippen LogP contribution in [0.4, 0.5) is 5.69 Å². The maximum atomic E-state index is 11.9. The molecule has 1 aromatic carbocycles. The Balaban J connectivity index is 1.72. The average Bonchev–Trinajstić information content (AvgIpc) is 2.73. The van der Waals surface area contributed by atoms with E-state index in [9.17, 15) is 9.59 Å². The summed E-state index contributed by atoms with van der Waals surface area (Å²) in [5.41, 5.74) is 6.49. The van der Waals surface area contributed by atoms with E-state index >= 15 is 0 Å². The summed E-state index contributed by atoms with van der Waals surface area (Å²) in [6, 6.07) is 6.17. The lowest BCUT2D eigenvalue weighted by Crippen LogP contribution is -2.30. The van der Waals surface area contributed by atoms with E-state index in [0.29, 0.717) is 13.0 Å². The molecular formula is C22H23N3O3. The second kappa shape index (κ2) is 7.49. The van der Waals surface area contributed by atoms with E-state index in [1.807, 2.05) is 31.3 Å². The molecule has 2 aromatic rings. The molecule has 2 aliphatic rings. The third kappa shape index (κ3) is 3.16. The molecule has 2 heterocycles. The van der Waals surface area contributed by atoms with Gasteiger partial charge in [-0.05, 0) is 48.1 Å². The molecule has 1 N–H and O–H groups in total. The molecule has 6 nitrogen and oxygen atoms in total. The topological polar surface area (TPSA) is 71.5 Å². The highest BCUT2D eigenvalue weighted by atomic mass is 16.5. The van der Waals surface area contributed by atoms with Gasteiger partial charge in [0.2, 0.25) is 5.91 Å². The summed E-state index contributed by atoms with van der Waals surface area (Å²) in [6.45, 7) is 2.21. The second-order valence-electron chi connectivity index (χ2n) is 7.22. The molecular weight excluding hydrogens is 354 g/mol. The van der Waals surface area contributed by atoms with Gasteiger partial charge in [-0.1, -0.05) is 13.0 Å². The molecule has 0 saturated carbocycles. The lowest BCUT2D eigenvalue weighted by molar-refractivity contribution is -0.121. The van der Waals surface area contributed by atoms with Crippen molar-refractivity contribution in [2.45, 2.75) is 45.3 Å². The number of rotatable bonds is 3. The number of fused-ring (bicyclic) bond motifs is 2. The Kier molecular flexibility index (Phi) is 4.88. The number of anilines is 1. The summed E-state index contributed by atoms with van der Waals surface area (Å²) < 4.78 is 5.50. The maximum Gasteiger partial charge on any atom is 0.282 e. The first-order chi connectivity index (χ1) is 13.6. The number of hydrogen-bond donors (Lipinski definition) is 1. The first-order valence-electron chi connectivity index (χ1n) is 9.63. The minimum Gasteiger partial charge on any atom is -0.466 e. The number of carbonyl (C=O) groups is 1. The van der Waals surface area contributed by atoms with Gasteiger partial charge in [0.15, 0.2) is 5.94 Å². The van der Waals surface area contributed by atoms with E-state index in [4.69, 9.17) is 4.74 Å². The van der Waals surface area contributed by atoms with Crippen LogP contribution in [-0.4, -0.2) is 23.9 Å². The zero-order chi connectivity index (χ0) is 19.7. The predicted octanol–water partition coefficient (Wildman–Crippen LogP) is 3.29. The van der Waals surface area contributed by atoms with Crippen molar-refractivity contribution in [3.8, 4) is 11.1 Å². The molecule has 0 saturated heterocycles. The Morgan fingerprint density at radius 2 is 2.25 bits per heavy atom. The largest absolute Gasteiger partial charge is 0.466 e. The summed E-state index contributed by atoms with van der Waals surface area (Å²) in [5, 5.41) is 3.13. The van der Waals surface area contributed by atoms with Crippen LogP contribution in [0.25, 0.3) is 11.1 Å². The molecule has 0 bridgehead atoms. The van der Waals surface area contributed by atoms with Crippen molar-refractivity contribution in [2.75, 3.05) is 11.9 Å². The number of pyridine rings is 1. The summed E-state index contributed by atoms with van der Waals surface area (Å²) in [5.74, 6) is 2.10. The van der Waals surface area contributed by atoms with Crippen molar-refractivity contribution in [3.63, 3.8) is 0 Å². The zero-order valence-electron chi connectivity index (χ0n) is 16.1. The molecule has 28 heavy (non-hydrogen) atoms. The minimum absolute atomic E-state index is 0.0241. The monoisotopic (exact) mass is 377 g/mol. The van der Waals surface area contributed by atoms with Crippen molar-refractivity contribution in [1.29, 1.82) is 0 Å². The molecule has 1 aliphatic heterocycles. The summed E-state index contributed by atoms with van der Waals surface area (Å²) in [6.07, 6.45) is 7.20. The molecule has 6 heteroatoms. The lowest BCUT2D eigenvalue weighted by atomic mass is 9.84. The van der Waals surface area contributed by atoms with Crippen LogP contribution >= 0.6 is 0 Å². The van der Waals surface area contributed by atoms with E-state index in [-0.39, 0.29) is 17.8 Å². The molecule has 1 aliphatic carbocycles. The van der Waals surface area contributed by atoms with Gasteiger partial charge in [0.1, 0.15) is 6.61 Å². The molecule has 1 unspecified atom stereocenters. The summed E-state index contributed by atoms with van der Waals surface area (Å²) in [4.78, 5) is 29.1. The van der Waals surface area contributed by atoms with Gasteiger partial charge >= 0.3 is 0 Å². The van der Waals surface area contributed by atoms with E-state index in [1.165, 1.54) is 5.56 Å². The Morgan fingerprint density at radius 3 is 3.04 bits per heavy atom.